The minimum atomic E-state index is -1.09. The number of likely N-dealkylation sites (tertiary alicyclic amines) is 1. The van der Waals surface area contributed by atoms with E-state index in [2.05, 4.69) is 26.3 Å². The van der Waals surface area contributed by atoms with Crippen molar-refractivity contribution in [2.45, 2.75) is 50.7 Å². The van der Waals surface area contributed by atoms with Crippen LogP contribution < -0.4 is 26.4 Å². The largest absolute Gasteiger partial charge is 0.457 e. The van der Waals surface area contributed by atoms with E-state index < -0.39 is 41.5 Å². The molecule has 0 radical (unpaired) electrons. The molecule has 5 aromatic rings. The van der Waals surface area contributed by atoms with Crippen molar-refractivity contribution < 1.29 is 47.8 Å². The second-order valence-electron chi connectivity index (χ2n) is 16.5. The first-order valence-corrected chi connectivity index (χ1v) is 22.0. The molecule has 2 fully saturated rings. The van der Waals surface area contributed by atoms with Crippen molar-refractivity contribution in [2.75, 3.05) is 56.7 Å². The predicted molar refractivity (Wildman–Crippen MR) is 237 cm³/mol. The number of nitrogens with zero attached hydrogens (tertiary/aromatic N) is 7. The van der Waals surface area contributed by atoms with E-state index in [9.17, 15) is 33.6 Å². The average molecular weight is 914 g/mol. The van der Waals surface area contributed by atoms with Crippen LogP contribution in [0, 0.1) is 5.92 Å². The molecule has 9 rings (SSSR count). The molecule has 3 aromatic carbocycles. The van der Waals surface area contributed by atoms with Gasteiger partial charge in [-0.3, -0.25) is 43.8 Å². The van der Waals surface area contributed by atoms with Crippen LogP contribution in [0.5, 0.6) is 11.5 Å². The maximum atomic E-state index is 13.5. The topological polar surface area (TPSA) is 264 Å². The molecule has 346 valence electrons. The van der Waals surface area contributed by atoms with Gasteiger partial charge in [-0.05, 0) is 86.2 Å². The molecule has 0 aliphatic carbocycles. The zero-order valence-corrected chi connectivity index (χ0v) is 36.2. The summed E-state index contributed by atoms with van der Waals surface area (Å²) in [5.74, 6) is -1.59. The van der Waals surface area contributed by atoms with Gasteiger partial charge in [-0.25, -0.2) is 9.36 Å². The summed E-state index contributed by atoms with van der Waals surface area (Å²) in [4.78, 5) is 91.3. The predicted octanol–water partition coefficient (Wildman–Crippen LogP) is 3.02. The van der Waals surface area contributed by atoms with Crippen LogP contribution >= 0.6 is 0 Å². The number of nitrogens with two attached hydrogens (primary N) is 1. The first-order chi connectivity index (χ1) is 32.5. The molecule has 2 saturated heterocycles. The van der Waals surface area contributed by atoms with E-state index >= 15 is 0 Å². The van der Waals surface area contributed by atoms with Gasteiger partial charge in [0.15, 0.2) is 5.69 Å². The Morgan fingerprint density at radius 1 is 0.836 bits per heavy atom. The summed E-state index contributed by atoms with van der Waals surface area (Å²) in [6, 6.07) is 20.0. The van der Waals surface area contributed by atoms with Gasteiger partial charge < -0.3 is 35.5 Å². The summed E-state index contributed by atoms with van der Waals surface area (Å²) in [5.41, 5.74) is 8.16. The van der Waals surface area contributed by atoms with E-state index in [1.54, 1.807) is 11.1 Å². The Morgan fingerprint density at radius 3 is 2.34 bits per heavy atom. The zero-order valence-electron chi connectivity index (χ0n) is 36.2. The molecular formula is C46H47N11O10. The number of hydrogen-bond donors (Lipinski definition) is 4. The number of rotatable bonds is 16. The van der Waals surface area contributed by atoms with Crippen LogP contribution in [0.15, 0.2) is 79.0 Å². The number of para-hydroxylation sites is 1. The second-order valence-corrected chi connectivity index (χ2v) is 16.5. The number of primary amides is 1. The fraction of sp³-hybridized carbons (Fsp3) is 0.348. The van der Waals surface area contributed by atoms with Crippen LogP contribution in [-0.4, -0.2) is 128 Å². The number of imide groups is 2. The number of hydrogen-bond acceptors (Lipinski definition) is 14. The molecule has 21 heteroatoms. The van der Waals surface area contributed by atoms with E-state index in [0.717, 1.165) is 29.7 Å². The van der Waals surface area contributed by atoms with Crippen LogP contribution in [0.2, 0.25) is 0 Å². The highest BCUT2D eigenvalue weighted by atomic mass is 16.5. The molecule has 4 aliphatic heterocycles. The van der Waals surface area contributed by atoms with Gasteiger partial charge >= 0.3 is 0 Å². The average Bonchev–Trinajstić information content (AvgIpc) is 4.04. The van der Waals surface area contributed by atoms with E-state index in [4.69, 9.17) is 25.0 Å². The zero-order chi connectivity index (χ0) is 46.6. The van der Waals surface area contributed by atoms with Gasteiger partial charge in [0.1, 0.15) is 41.2 Å². The number of carbonyl (C=O) groups excluding carboxylic acids is 7. The van der Waals surface area contributed by atoms with Crippen molar-refractivity contribution >= 4 is 52.9 Å². The van der Waals surface area contributed by atoms with Gasteiger partial charge in [0.05, 0.1) is 49.7 Å². The summed E-state index contributed by atoms with van der Waals surface area (Å²) in [6.07, 6.45) is 3.90. The van der Waals surface area contributed by atoms with Crippen molar-refractivity contribution in [1.29, 1.82) is 0 Å². The first-order valence-electron chi connectivity index (χ1n) is 22.0. The minimum absolute atomic E-state index is 0.00462. The number of carbonyl (C=O) groups is 7. The van der Waals surface area contributed by atoms with Crippen LogP contribution in [-0.2, 0) is 30.4 Å². The van der Waals surface area contributed by atoms with Crippen molar-refractivity contribution in [1.82, 2.24) is 39.9 Å². The van der Waals surface area contributed by atoms with Gasteiger partial charge in [0.2, 0.25) is 17.7 Å². The Kier molecular flexibility index (Phi) is 12.8. The fourth-order valence-electron chi connectivity index (χ4n) is 8.92. The van der Waals surface area contributed by atoms with Gasteiger partial charge in [-0.15, -0.1) is 5.10 Å². The normalized spacial score (nSPS) is 18.3. The fourth-order valence-corrected chi connectivity index (χ4v) is 8.92. The van der Waals surface area contributed by atoms with Crippen molar-refractivity contribution in [3.63, 3.8) is 0 Å². The monoisotopic (exact) mass is 913 g/mol. The number of nitrogens with one attached hydrogen (secondary N) is 3. The highest BCUT2D eigenvalue weighted by molar-refractivity contribution is 6.24. The number of fused-ring (bicyclic) bond motifs is 2. The lowest BCUT2D eigenvalue weighted by atomic mass is 9.86. The molecule has 7 amide bonds. The Labute approximate surface area is 382 Å². The summed E-state index contributed by atoms with van der Waals surface area (Å²) < 4.78 is 20.4. The third kappa shape index (κ3) is 9.49. The first kappa shape index (κ1) is 44.4. The van der Waals surface area contributed by atoms with E-state index in [1.165, 1.54) is 22.9 Å². The molecule has 67 heavy (non-hydrogen) atoms. The molecule has 4 aliphatic rings. The van der Waals surface area contributed by atoms with Crippen LogP contribution in [0.4, 0.5) is 11.5 Å². The minimum Gasteiger partial charge on any atom is -0.457 e. The number of anilines is 2. The third-order valence-electron chi connectivity index (χ3n) is 12.2. The van der Waals surface area contributed by atoms with Gasteiger partial charge in [-0.1, -0.05) is 23.4 Å². The number of ether oxygens (including phenoxy) is 3. The van der Waals surface area contributed by atoms with Crippen molar-refractivity contribution in [3.05, 3.63) is 101 Å². The summed E-state index contributed by atoms with van der Waals surface area (Å²) in [5, 5.41) is 21.3. The highest BCUT2D eigenvalue weighted by Gasteiger charge is 2.45. The van der Waals surface area contributed by atoms with Gasteiger partial charge in [0, 0.05) is 37.3 Å². The Hall–Kier alpha value is -7.78. The molecule has 2 atom stereocenters. The van der Waals surface area contributed by atoms with Crippen LogP contribution in [0.3, 0.4) is 0 Å². The van der Waals surface area contributed by atoms with Crippen LogP contribution in [0.25, 0.3) is 11.3 Å². The standard InChI is InChI=1S/C46H47N11O10/c47-41(60)39-40(28-6-9-31(10-7-28)67-30-4-2-1-3-5-30)52-57-35(14-17-48-42(39)57)27-15-18-54(19-16-27)46(64)34-25-55(53-51-34)20-21-65-22-23-66-26-38(59)49-29-8-11-32-33(24-29)45(63)56(44(32)62)36-12-13-37(58)50-43(36)61/h1-11,24-25,27,35-36,48H,12-23,26H2,(H2,47,60)(H,49,59)(H,50,58,61). The molecule has 21 nitrogen and oxygen atoms in total. The van der Waals surface area contributed by atoms with E-state index in [0.29, 0.717) is 54.8 Å². The lowest BCUT2D eigenvalue weighted by Gasteiger charge is -2.38. The smallest absolute Gasteiger partial charge is 0.276 e. The molecular weight excluding hydrogens is 867 g/mol. The second kappa shape index (κ2) is 19.4. The molecule has 0 spiro atoms. The molecule has 2 unspecified atom stereocenters. The lowest BCUT2D eigenvalue weighted by molar-refractivity contribution is -0.136. The summed E-state index contributed by atoms with van der Waals surface area (Å²) >= 11 is 0. The Balaban J connectivity index is 0.697. The van der Waals surface area contributed by atoms with Gasteiger partial charge in [-0.2, -0.15) is 5.10 Å². The Morgan fingerprint density at radius 2 is 1.58 bits per heavy atom. The molecule has 6 heterocycles. The number of aromatic nitrogens is 5. The molecule has 5 N–H and O–H groups in total. The van der Waals surface area contributed by atoms with Crippen LogP contribution in [0.1, 0.15) is 79.7 Å². The van der Waals surface area contributed by atoms with Gasteiger partial charge in [0.25, 0.3) is 23.6 Å². The maximum Gasteiger partial charge on any atom is 0.276 e. The van der Waals surface area contributed by atoms with E-state index in [1.807, 2.05) is 59.3 Å². The number of benzene rings is 3. The Bertz CT molecular complexity index is 2730. The number of piperidine rings is 2. The highest BCUT2D eigenvalue weighted by Crippen LogP contribution is 2.40. The lowest BCUT2D eigenvalue weighted by Crippen LogP contribution is -2.54. The van der Waals surface area contributed by atoms with Crippen molar-refractivity contribution in [3.8, 4) is 22.8 Å². The molecule has 2 aromatic heterocycles. The summed E-state index contributed by atoms with van der Waals surface area (Å²) in [6.45, 7) is 2.25. The summed E-state index contributed by atoms with van der Waals surface area (Å²) in [7, 11) is 0. The maximum absolute atomic E-state index is 13.5. The van der Waals surface area contributed by atoms with E-state index in [-0.39, 0.29) is 79.6 Å². The SMILES string of the molecule is NC(=O)c1c(-c2ccc(Oc3ccccc3)cc2)nn2c1NCCC2C1CCN(C(=O)c2cn(CCOCCOCC(=O)Nc3ccc4c(c3)C(=O)N(C3CCC(=O)NC3=O)C4=O)nn2)CC1. The third-order valence-corrected chi connectivity index (χ3v) is 12.2. The molecule has 0 bridgehead atoms. The van der Waals surface area contributed by atoms with Crippen molar-refractivity contribution in [2.24, 2.45) is 11.7 Å². The number of amides is 7. The molecule has 0 saturated carbocycles. The quantitative estimate of drug-likeness (QED) is 0.0820.